The zero-order valence-electron chi connectivity index (χ0n) is 28.6. The van der Waals surface area contributed by atoms with E-state index >= 15 is 0 Å². The summed E-state index contributed by atoms with van der Waals surface area (Å²) in [5, 5.41) is 0. The van der Waals surface area contributed by atoms with Crippen LogP contribution >= 0.6 is 0 Å². The van der Waals surface area contributed by atoms with Crippen molar-refractivity contribution < 1.29 is 4.79 Å². The molecule has 0 N–H and O–H groups in total. The van der Waals surface area contributed by atoms with Crippen molar-refractivity contribution in [3.8, 4) is 33.9 Å². The highest BCUT2D eigenvalue weighted by Crippen LogP contribution is 2.41. The van der Waals surface area contributed by atoms with Gasteiger partial charge in [-0.25, -0.2) is 15.0 Å². The Hall–Kier alpha value is -6.72. The summed E-state index contributed by atoms with van der Waals surface area (Å²) in [7, 11) is 0. The first kappa shape index (κ1) is 31.3. The van der Waals surface area contributed by atoms with Crippen LogP contribution in [0.1, 0.15) is 40.2 Å². The minimum absolute atomic E-state index is 0.0214. The van der Waals surface area contributed by atoms with Crippen LogP contribution in [0.25, 0.3) is 39.5 Å². The number of rotatable bonds is 4. The summed E-state index contributed by atoms with van der Waals surface area (Å²) in [6, 6.07) is 53.4. The number of hydrogen-bond donors (Lipinski definition) is 0. The molecule has 2 unspecified atom stereocenters. The van der Waals surface area contributed by atoms with Crippen LogP contribution < -0.4 is 4.90 Å². The van der Waals surface area contributed by atoms with Crippen LogP contribution in [-0.4, -0.2) is 20.7 Å². The lowest BCUT2D eigenvalue weighted by Crippen LogP contribution is -2.13. The van der Waals surface area contributed by atoms with Gasteiger partial charge in [0, 0.05) is 50.8 Å². The highest BCUT2D eigenvalue weighted by atomic mass is 16.1. The first-order valence-corrected chi connectivity index (χ1v) is 17.6. The Bertz CT molecular complexity index is 2500. The van der Waals surface area contributed by atoms with E-state index in [1.165, 1.54) is 5.56 Å². The van der Waals surface area contributed by atoms with Crippen molar-refractivity contribution in [1.82, 2.24) is 15.0 Å². The van der Waals surface area contributed by atoms with Gasteiger partial charge in [-0.05, 0) is 65.1 Å². The third kappa shape index (κ3) is 5.92. The molecule has 1 aromatic heterocycles. The second-order valence-electron chi connectivity index (χ2n) is 13.3. The number of fused-ring (bicyclic) bond motifs is 13. The standard InChI is InChI=1S/C47H34N4O/c1-31-21-22-39-30-43(31)37-15-10-20-42(29-37)51(40-17-6-3-7-18-40)41-19-9-14-36(28-41)35-13-8-16-38(27-35)46-48-45(49-47(39)50-46)34-25-23-33(24-26-34)44(52)32-11-4-2-5-12-32/h2-31,43H,1H3. The first-order valence-electron chi connectivity index (χ1n) is 17.6. The van der Waals surface area contributed by atoms with Crippen molar-refractivity contribution >= 4 is 28.4 Å². The fourth-order valence-corrected chi connectivity index (χ4v) is 7.17. The molecule has 10 bridgehead atoms. The molecule has 6 aromatic carbocycles. The van der Waals surface area contributed by atoms with Crippen LogP contribution in [0.3, 0.4) is 0 Å². The van der Waals surface area contributed by atoms with Gasteiger partial charge in [-0.15, -0.1) is 0 Å². The van der Waals surface area contributed by atoms with Gasteiger partial charge >= 0.3 is 0 Å². The molecule has 1 aliphatic heterocycles. The van der Waals surface area contributed by atoms with Gasteiger partial charge in [0.15, 0.2) is 23.3 Å². The van der Waals surface area contributed by atoms with E-state index in [2.05, 4.69) is 133 Å². The maximum absolute atomic E-state index is 13.2. The number of allylic oxidation sites excluding steroid dienone is 4. The molecule has 2 heterocycles. The van der Waals surface area contributed by atoms with Crippen molar-refractivity contribution in [1.29, 1.82) is 0 Å². The molecule has 0 saturated carbocycles. The lowest BCUT2D eigenvalue weighted by atomic mass is 9.81. The predicted molar refractivity (Wildman–Crippen MR) is 210 cm³/mol. The molecule has 5 heteroatoms. The summed E-state index contributed by atoms with van der Waals surface area (Å²) < 4.78 is 0. The molecule has 1 aliphatic carbocycles. The average Bonchev–Trinajstić information content (AvgIpc) is 3.21. The van der Waals surface area contributed by atoms with Crippen LogP contribution in [0.5, 0.6) is 0 Å². The molecule has 0 spiro atoms. The van der Waals surface area contributed by atoms with Crippen molar-refractivity contribution in [2.45, 2.75) is 12.8 Å². The second kappa shape index (κ2) is 13.2. The van der Waals surface area contributed by atoms with Gasteiger partial charge in [-0.1, -0.05) is 140 Å². The maximum atomic E-state index is 13.2. The fraction of sp³-hybridized carbons (Fsp3) is 0.0638. The monoisotopic (exact) mass is 670 g/mol. The third-order valence-electron chi connectivity index (χ3n) is 9.93. The number of nitrogens with zero attached hydrogens (tertiary/aromatic N) is 4. The van der Waals surface area contributed by atoms with E-state index in [4.69, 9.17) is 15.0 Å². The molecule has 2 atom stereocenters. The summed E-state index contributed by atoms with van der Waals surface area (Å²) >= 11 is 0. The number of carbonyl (C=O) groups is 1. The maximum Gasteiger partial charge on any atom is 0.193 e. The van der Waals surface area contributed by atoms with E-state index in [9.17, 15) is 4.79 Å². The Morgan fingerprint density at radius 1 is 0.519 bits per heavy atom. The van der Waals surface area contributed by atoms with E-state index in [1.807, 2.05) is 54.6 Å². The molecule has 0 amide bonds. The number of anilines is 3. The minimum atomic E-state index is -0.0214. The quantitative estimate of drug-likeness (QED) is 0.174. The molecule has 0 fully saturated rings. The van der Waals surface area contributed by atoms with Crippen molar-refractivity contribution in [3.63, 3.8) is 0 Å². The van der Waals surface area contributed by atoms with Gasteiger partial charge in [-0.2, -0.15) is 0 Å². The number of hydrogen-bond acceptors (Lipinski definition) is 5. The van der Waals surface area contributed by atoms with Crippen LogP contribution in [0.4, 0.5) is 17.1 Å². The fourth-order valence-electron chi connectivity index (χ4n) is 7.17. The highest BCUT2D eigenvalue weighted by molar-refractivity contribution is 6.09. The van der Waals surface area contributed by atoms with Crippen molar-refractivity contribution in [2.75, 3.05) is 4.90 Å². The van der Waals surface area contributed by atoms with E-state index < -0.39 is 0 Å². The van der Waals surface area contributed by atoms with E-state index in [-0.39, 0.29) is 17.6 Å². The smallest absolute Gasteiger partial charge is 0.193 e. The summed E-state index contributed by atoms with van der Waals surface area (Å²) in [4.78, 5) is 30.7. The zero-order valence-corrected chi connectivity index (χ0v) is 28.6. The lowest BCUT2D eigenvalue weighted by molar-refractivity contribution is 0.103. The summed E-state index contributed by atoms with van der Waals surface area (Å²) in [6.45, 7) is 2.26. The highest BCUT2D eigenvalue weighted by Gasteiger charge is 2.24. The molecule has 7 aromatic rings. The first-order chi connectivity index (χ1) is 25.6. The normalized spacial score (nSPS) is 15.9. The van der Waals surface area contributed by atoms with E-state index in [1.54, 1.807) is 0 Å². The molecule has 2 aliphatic rings. The number of benzene rings is 6. The molecular formula is C47H34N4O. The molecule has 0 radical (unpaired) electrons. The molecule has 9 rings (SSSR count). The van der Waals surface area contributed by atoms with Gasteiger partial charge < -0.3 is 4.90 Å². The Balaban J connectivity index is 1.22. The number of ketones is 1. The average molecular weight is 671 g/mol. The van der Waals surface area contributed by atoms with Gasteiger partial charge in [0.25, 0.3) is 0 Å². The Morgan fingerprint density at radius 3 is 1.87 bits per heavy atom. The summed E-state index contributed by atoms with van der Waals surface area (Å²) in [5.74, 6) is 2.10. The lowest BCUT2D eigenvalue weighted by Gasteiger charge is -2.28. The minimum Gasteiger partial charge on any atom is -0.310 e. The Morgan fingerprint density at radius 2 is 1.10 bits per heavy atom. The third-order valence-corrected chi connectivity index (χ3v) is 9.93. The van der Waals surface area contributed by atoms with Gasteiger partial charge in [-0.3, -0.25) is 4.79 Å². The zero-order chi connectivity index (χ0) is 35.0. The van der Waals surface area contributed by atoms with E-state index in [0.717, 1.165) is 44.9 Å². The predicted octanol–water partition coefficient (Wildman–Crippen LogP) is 11.3. The largest absolute Gasteiger partial charge is 0.310 e. The molecule has 5 nitrogen and oxygen atoms in total. The van der Waals surface area contributed by atoms with Gasteiger partial charge in [0.2, 0.25) is 0 Å². The van der Waals surface area contributed by atoms with Crippen LogP contribution in [0.2, 0.25) is 0 Å². The van der Waals surface area contributed by atoms with Crippen molar-refractivity contribution in [3.05, 3.63) is 198 Å². The number of aromatic nitrogens is 3. The topological polar surface area (TPSA) is 59.0 Å². The second-order valence-corrected chi connectivity index (χ2v) is 13.3. The molecule has 248 valence electrons. The van der Waals surface area contributed by atoms with E-state index in [0.29, 0.717) is 28.6 Å². The van der Waals surface area contributed by atoms with Gasteiger partial charge in [0.05, 0.1) is 0 Å². The van der Waals surface area contributed by atoms with Crippen molar-refractivity contribution in [2.24, 2.45) is 5.92 Å². The molecule has 0 saturated heterocycles. The Kier molecular flexibility index (Phi) is 7.94. The van der Waals surface area contributed by atoms with Gasteiger partial charge in [0.1, 0.15) is 0 Å². The van der Waals surface area contributed by atoms with Crippen LogP contribution in [0.15, 0.2) is 176 Å². The molecular weight excluding hydrogens is 637 g/mol. The SMILES string of the molecule is CC1C=CC2=CC1c1cccc(c1)N(c1ccccc1)c1cccc(c1)-c1cccc(c1)-c1nc2nc(-c2ccc(C(=O)c3ccccc3)cc2)n1. The number of para-hydroxylation sites is 1. The summed E-state index contributed by atoms with van der Waals surface area (Å²) in [5.41, 5.74) is 10.6. The summed E-state index contributed by atoms with van der Waals surface area (Å²) in [6.07, 6.45) is 6.68. The Labute approximate surface area is 303 Å². The van der Waals surface area contributed by atoms with Crippen LogP contribution in [0, 0.1) is 5.92 Å². The molecule has 52 heavy (non-hydrogen) atoms. The number of carbonyl (C=O) groups excluding carboxylic acids is 1. The van der Waals surface area contributed by atoms with Crippen LogP contribution in [-0.2, 0) is 0 Å².